The van der Waals surface area contributed by atoms with Gasteiger partial charge >= 0.3 is 0 Å². The molecule has 4 N–H and O–H groups in total. The molecule has 0 radical (unpaired) electrons. The number of nitrogens with zero attached hydrogens (tertiary/aromatic N) is 1. The molecule has 7 aromatic rings. The lowest BCUT2D eigenvalue weighted by molar-refractivity contribution is 0.669. The zero-order chi connectivity index (χ0) is 26.2. The first-order valence-electron chi connectivity index (χ1n) is 13.4. The predicted octanol–water partition coefficient (Wildman–Crippen LogP) is 9.04. The fourth-order valence-corrected chi connectivity index (χ4v) is 6.19. The van der Waals surface area contributed by atoms with Crippen molar-refractivity contribution in [3.05, 3.63) is 116 Å². The molecule has 0 fully saturated rings. The molecule has 0 atom stereocenters. The van der Waals surface area contributed by atoms with Crippen LogP contribution in [-0.4, -0.2) is 24.7 Å². The average Bonchev–Trinajstić information content (AvgIpc) is 3.54. The number of aromatic amines is 4. The minimum absolute atomic E-state index is 0.860. The molecule has 6 nitrogen and oxygen atoms in total. The maximum absolute atomic E-state index is 6.19. The van der Waals surface area contributed by atoms with E-state index in [0.717, 1.165) is 61.4 Å². The highest BCUT2D eigenvalue weighted by atomic mass is 16.3. The molecule has 190 valence electrons. The van der Waals surface area contributed by atoms with E-state index in [-0.39, 0.29) is 0 Å². The van der Waals surface area contributed by atoms with Crippen molar-refractivity contribution in [2.45, 2.75) is 0 Å². The van der Waals surface area contributed by atoms with Crippen LogP contribution in [0.5, 0.6) is 0 Å². The van der Waals surface area contributed by atoms with E-state index in [2.05, 4.69) is 110 Å². The maximum Gasteiger partial charge on any atom is 0.156 e. The number of hydrogen-bond donors (Lipinski definition) is 4. The van der Waals surface area contributed by atoms with E-state index in [4.69, 9.17) is 4.42 Å². The highest BCUT2D eigenvalue weighted by Crippen LogP contribution is 2.39. The Balaban J connectivity index is 1.32. The van der Waals surface area contributed by atoms with Gasteiger partial charge in [0.05, 0.1) is 22.4 Å². The summed E-state index contributed by atoms with van der Waals surface area (Å²) in [6.07, 6.45) is 3.84. The summed E-state index contributed by atoms with van der Waals surface area (Å²) in [4.78, 5) is 7.01. The number of nitrogens with one attached hydrogen (secondary N) is 4. The van der Waals surface area contributed by atoms with E-state index in [9.17, 15) is 0 Å². The summed E-state index contributed by atoms with van der Waals surface area (Å²) in [6, 6.07) is 36.2. The largest absolute Gasteiger partial charge is 0.456 e. The zero-order valence-electron chi connectivity index (χ0n) is 21.3. The second-order valence-corrected chi connectivity index (χ2v) is 10.2. The monoisotopic (exact) mass is 517 g/mol. The van der Waals surface area contributed by atoms with E-state index in [1.165, 1.54) is 21.5 Å². The van der Waals surface area contributed by atoms with Crippen molar-refractivity contribution in [2.75, 3.05) is 0 Å². The summed E-state index contributed by atoms with van der Waals surface area (Å²) < 4.78 is 8.49. The highest BCUT2D eigenvalue weighted by molar-refractivity contribution is 6.14. The average molecular weight is 518 g/mol. The molecule has 0 amide bonds. The second kappa shape index (κ2) is 7.94. The molecule has 0 saturated carbocycles. The molecular formula is C34H23N5O. The number of furan rings is 1. The lowest BCUT2D eigenvalue weighted by Crippen LogP contribution is -2.08. The Morgan fingerprint density at radius 3 is 2.12 bits per heavy atom. The van der Waals surface area contributed by atoms with Crippen molar-refractivity contribution in [1.82, 2.24) is 24.7 Å². The topological polar surface area (TPSA) is 81.2 Å². The Morgan fingerprint density at radius 2 is 1.23 bits per heavy atom. The number of rotatable bonds is 2. The van der Waals surface area contributed by atoms with Crippen molar-refractivity contribution in [1.29, 1.82) is 0 Å². The van der Waals surface area contributed by atoms with Crippen LogP contribution >= 0.6 is 0 Å². The van der Waals surface area contributed by atoms with Gasteiger partial charge in [-0.2, -0.15) is 0 Å². The lowest BCUT2D eigenvalue weighted by Gasteiger charge is -2.18. The van der Waals surface area contributed by atoms with Crippen LogP contribution in [0.3, 0.4) is 0 Å². The molecular weight excluding hydrogens is 494 g/mol. The van der Waals surface area contributed by atoms with Gasteiger partial charge < -0.3 is 14.4 Å². The first-order valence-corrected chi connectivity index (χ1v) is 13.4. The summed E-state index contributed by atoms with van der Waals surface area (Å²) in [6.45, 7) is 0. The van der Waals surface area contributed by atoms with Crippen molar-refractivity contribution in [2.24, 2.45) is 0 Å². The fourth-order valence-electron chi connectivity index (χ4n) is 6.19. The molecule has 6 heteroatoms. The molecule has 2 aliphatic heterocycles. The third-order valence-corrected chi connectivity index (χ3v) is 8.01. The number of H-pyrrole nitrogens is 4. The van der Waals surface area contributed by atoms with Gasteiger partial charge in [0.15, 0.2) is 5.82 Å². The van der Waals surface area contributed by atoms with E-state index in [1.54, 1.807) is 0 Å². The molecule has 0 unspecified atom stereocenters. The first kappa shape index (κ1) is 21.3. The normalized spacial score (nSPS) is 12.0. The molecule has 4 heterocycles. The van der Waals surface area contributed by atoms with E-state index >= 15 is 0 Å². The quantitative estimate of drug-likeness (QED) is 0.181. The van der Waals surface area contributed by atoms with E-state index < -0.39 is 0 Å². The smallest absolute Gasteiger partial charge is 0.156 e. The van der Waals surface area contributed by atoms with Gasteiger partial charge in [-0.1, -0.05) is 66.7 Å². The third-order valence-electron chi connectivity index (χ3n) is 8.01. The zero-order valence-corrected chi connectivity index (χ0v) is 21.3. The highest BCUT2D eigenvalue weighted by Gasteiger charge is 2.21. The lowest BCUT2D eigenvalue weighted by atomic mass is 10.0. The minimum atomic E-state index is 0.860. The second-order valence-electron chi connectivity index (χ2n) is 10.2. The standard InChI is InChI=1S/C34H23N5O/c1-2-8-21-18-28-26(17-20(21)7-1)23-9-3-5-11-27(23)39(28)34-33-32(35-15-16-36-33)31(37-38-34)22-13-14-25-24-10-4-6-12-29(24)40-30(25)19-22/h1-19,35-38H. The van der Waals surface area contributed by atoms with E-state index in [0.29, 0.717) is 0 Å². The van der Waals surface area contributed by atoms with Gasteiger partial charge in [-0.3, -0.25) is 14.8 Å². The Bertz CT molecular complexity index is 2400. The van der Waals surface area contributed by atoms with Gasteiger partial charge in [-0.25, -0.2) is 0 Å². The minimum Gasteiger partial charge on any atom is -0.456 e. The van der Waals surface area contributed by atoms with Crippen LogP contribution in [0.15, 0.2) is 120 Å². The summed E-state index contributed by atoms with van der Waals surface area (Å²) in [5, 5.41) is 14.2. The number of benzene rings is 5. The van der Waals surface area contributed by atoms with Gasteiger partial charge in [0.2, 0.25) is 0 Å². The molecule has 9 rings (SSSR count). The van der Waals surface area contributed by atoms with Crippen LogP contribution in [0.2, 0.25) is 0 Å². The van der Waals surface area contributed by atoms with Gasteiger partial charge in [0.1, 0.15) is 16.9 Å². The van der Waals surface area contributed by atoms with Gasteiger partial charge in [-0.15, -0.1) is 0 Å². The van der Waals surface area contributed by atoms with Crippen LogP contribution in [0.4, 0.5) is 0 Å². The first-order chi connectivity index (χ1) is 19.8. The summed E-state index contributed by atoms with van der Waals surface area (Å²) in [5.74, 6) is 0.918. The van der Waals surface area contributed by atoms with Gasteiger partial charge in [0, 0.05) is 39.5 Å². The molecule has 0 saturated heterocycles. The molecule has 40 heavy (non-hydrogen) atoms. The Labute approximate surface area is 227 Å². The van der Waals surface area contributed by atoms with Crippen molar-refractivity contribution in [3.63, 3.8) is 0 Å². The fraction of sp³-hybridized carbons (Fsp3) is 0. The molecule has 5 aromatic carbocycles. The molecule has 0 bridgehead atoms. The Morgan fingerprint density at radius 1 is 0.500 bits per heavy atom. The number of para-hydroxylation sites is 2. The van der Waals surface area contributed by atoms with Crippen molar-refractivity contribution >= 4 is 54.5 Å². The number of aromatic nitrogens is 5. The van der Waals surface area contributed by atoms with Gasteiger partial charge in [-0.05, 0) is 47.2 Å². The van der Waals surface area contributed by atoms with Crippen LogP contribution in [0.25, 0.3) is 83.0 Å². The SMILES string of the molecule is c1ccc2cc3c(cc2c1)c1ccccc1n3-c1[nH][nH]c(-c2ccc3c(c2)oc2ccccc23)c2[nH]cc[nH]c1-2. The molecule has 0 spiro atoms. The number of fused-ring (bicyclic) bond motifs is 8. The predicted molar refractivity (Wildman–Crippen MR) is 163 cm³/mol. The Hall–Kier alpha value is -5.62. The van der Waals surface area contributed by atoms with Crippen molar-refractivity contribution in [3.8, 4) is 28.5 Å². The Kier molecular flexibility index (Phi) is 4.24. The van der Waals surface area contributed by atoms with Gasteiger partial charge in [0.25, 0.3) is 0 Å². The number of hydrogen-bond acceptors (Lipinski definition) is 1. The molecule has 2 aromatic heterocycles. The van der Waals surface area contributed by atoms with Crippen LogP contribution in [-0.2, 0) is 0 Å². The van der Waals surface area contributed by atoms with Crippen LogP contribution in [0.1, 0.15) is 0 Å². The molecule has 2 aliphatic rings. The maximum atomic E-state index is 6.19. The van der Waals surface area contributed by atoms with Crippen LogP contribution in [0, 0.1) is 0 Å². The summed E-state index contributed by atoms with van der Waals surface area (Å²) >= 11 is 0. The summed E-state index contributed by atoms with van der Waals surface area (Å²) in [7, 11) is 0. The van der Waals surface area contributed by atoms with Crippen molar-refractivity contribution < 1.29 is 4.42 Å². The summed E-state index contributed by atoms with van der Waals surface area (Å²) in [5.41, 5.74) is 7.89. The van der Waals surface area contributed by atoms with Crippen LogP contribution < -0.4 is 0 Å². The third kappa shape index (κ3) is 2.93. The molecule has 0 aliphatic carbocycles. The van der Waals surface area contributed by atoms with E-state index in [1.807, 2.05) is 30.6 Å².